The molecule has 1 aliphatic carbocycles. The van der Waals surface area contributed by atoms with E-state index in [0.717, 1.165) is 11.1 Å². The second-order valence-electron chi connectivity index (χ2n) is 8.01. The lowest BCUT2D eigenvalue weighted by Gasteiger charge is -2.25. The fraction of sp³-hybridized carbons (Fsp3) is 0.0968. The third-order valence-electron chi connectivity index (χ3n) is 6.01. The highest BCUT2D eigenvalue weighted by Gasteiger charge is 2.57. The number of allylic oxidation sites excluding steroid dienone is 3. The van der Waals surface area contributed by atoms with Crippen molar-refractivity contribution in [2.24, 2.45) is 0 Å². The van der Waals surface area contributed by atoms with E-state index in [2.05, 4.69) is 78.9 Å². The second kappa shape index (κ2) is 7.89. The van der Waals surface area contributed by atoms with Gasteiger partial charge in [-0.3, -0.25) is 0 Å². The molecule has 150 valence electrons. The molecule has 31 heavy (non-hydrogen) atoms. The Kier molecular flexibility index (Phi) is 4.10. The van der Waals surface area contributed by atoms with Crippen LogP contribution in [-0.2, 0) is 5.41 Å². The molecule has 0 atom stereocenters. The van der Waals surface area contributed by atoms with E-state index in [4.69, 9.17) is 4.11 Å². The van der Waals surface area contributed by atoms with E-state index in [-0.39, 0.29) is 0 Å². The summed E-state index contributed by atoms with van der Waals surface area (Å²) in [5.74, 6) is 0. The number of benzene rings is 4. The van der Waals surface area contributed by atoms with Gasteiger partial charge in [0.15, 0.2) is 0 Å². The normalized spacial score (nSPS) is 16.9. The Balaban J connectivity index is 1.82. The summed E-state index contributed by atoms with van der Waals surface area (Å²) in [7, 11) is 0. The van der Waals surface area contributed by atoms with Crippen LogP contribution in [0.4, 0.5) is 0 Å². The highest BCUT2D eigenvalue weighted by molar-refractivity contribution is 6.22. The number of hydrogen-bond donors (Lipinski definition) is 0. The third-order valence-corrected chi connectivity index (χ3v) is 6.01. The summed E-state index contributed by atoms with van der Waals surface area (Å²) < 4.78 is 23.7. The molecule has 4 aromatic rings. The lowest BCUT2D eigenvalue weighted by Crippen LogP contribution is -2.17. The Bertz CT molecular complexity index is 1310. The molecule has 0 N–H and O–H groups in total. The molecule has 0 nitrogen and oxygen atoms in total. The predicted molar refractivity (Wildman–Crippen MR) is 133 cm³/mol. The molecule has 0 saturated carbocycles. The van der Waals surface area contributed by atoms with Crippen LogP contribution in [0, 0.1) is 0 Å². The van der Waals surface area contributed by atoms with Crippen LogP contribution < -0.4 is 0 Å². The monoisotopic (exact) mass is 401 g/mol. The fourth-order valence-electron chi connectivity index (χ4n) is 4.81. The van der Waals surface area contributed by atoms with E-state index in [1.54, 1.807) is 6.92 Å². The van der Waals surface area contributed by atoms with Crippen LogP contribution in [0.25, 0.3) is 17.2 Å². The summed E-state index contributed by atoms with van der Waals surface area (Å²) in [5, 5.41) is 0. The highest BCUT2D eigenvalue weighted by atomic mass is 14.6. The van der Waals surface area contributed by atoms with E-state index < -0.39 is 12.3 Å². The van der Waals surface area contributed by atoms with Gasteiger partial charge in [-0.25, -0.2) is 0 Å². The van der Waals surface area contributed by atoms with Gasteiger partial charge in [-0.1, -0.05) is 127 Å². The molecule has 0 heterocycles. The van der Waals surface area contributed by atoms with Gasteiger partial charge in [0.05, 0.1) is 5.41 Å². The first kappa shape index (κ1) is 16.1. The molecule has 5 rings (SSSR count). The minimum absolute atomic E-state index is 0.381. The first-order valence-corrected chi connectivity index (χ1v) is 10.6. The average Bonchev–Trinajstić information content (AvgIpc) is 3.56. The first-order chi connectivity index (χ1) is 16.4. The standard InChI is InChI=1S/C31H26/c1-23(2)22-26-18-12-13-21-28(26)31(27-19-10-5-11-20-27)29(24-14-6-3-7-15-24)30(31)25-16-8-4-9-17-25/h3-22H,1-2H3/i1D3/b23-22-. The Hall–Kier alpha value is -3.64. The number of rotatable bonds is 5. The lowest BCUT2D eigenvalue weighted by atomic mass is 9.76. The van der Waals surface area contributed by atoms with Gasteiger partial charge in [0, 0.05) is 4.11 Å². The van der Waals surface area contributed by atoms with Crippen molar-refractivity contribution >= 4 is 17.2 Å². The predicted octanol–water partition coefficient (Wildman–Crippen LogP) is 8.02. The molecule has 0 radical (unpaired) electrons. The van der Waals surface area contributed by atoms with Crippen molar-refractivity contribution in [3.63, 3.8) is 0 Å². The molecular formula is C31H26. The maximum atomic E-state index is 7.90. The van der Waals surface area contributed by atoms with Crippen LogP contribution in [0.5, 0.6) is 0 Å². The average molecular weight is 402 g/mol. The lowest BCUT2D eigenvalue weighted by molar-refractivity contribution is 0.952. The van der Waals surface area contributed by atoms with Crippen LogP contribution in [0.2, 0.25) is 0 Å². The van der Waals surface area contributed by atoms with Crippen LogP contribution in [-0.4, -0.2) is 0 Å². The van der Waals surface area contributed by atoms with Gasteiger partial charge in [-0.15, -0.1) is 0 Å². The molecule has 0 fully saturated rings. The molecule has 0 bridgehead atoms. The molecule has 0 saturated heterocycles. The van der Waals surface area contributed by atoms with Crippen LogP contribution in [0.1, 0.15) is 45.7 Å². The second-order valence-corrected chi connectivity index (χ2v) is 8.01. The summed E-state index contributed by atoms with van der Waals surface area (Å²) in [6, 6.07) is 39.8. The zero-order valence-electron chi connectivity index (χ0n) is 20.5. The topological polar surface area (TPSA) is 0 Å². The molecular weight excluding hydrogens is 372 g/mol. The van der Waals surface area contributed by atoms with Gasteiger partial charge in [-0.2, -0.15) is 0 Å². The maximum absolute atomic E-state index is 7.90. The van der Waals surface area contributed by atoms with E-state index in [1.165, 1.54) is 27.8 Å². The Morgan fingerprint density at radius 3 is 1.68 bits per heavy atom. The SMILES string of the molecule is [2H]C([2H])([2H])/C(C)=C/c1ccccc1C1(c2ccccc2)C(c2ccccc2)=C1c1ccccc1. The van der Waals surface area contributed by atoms with Crippen molar-refractivity contribution in [3.8, 4) is 0 Å². The minimum Gasteiger partial charge on any atom is -0.0758 e. The highest BCUT2D eigenvalue weighted by Crippen LogP contribution is 2.68. The van der Waals surface area contributed by atoms with Gasteiger partial charge in [0.1, 0.15) is 0 Å². The van der Waals surface area contributed by atoms with Crippen molar-refractivity contribution in [1.82, 2.24) is 0 Å². The molecule has 0 spiro atoms. The van der Waals surface area contributed by atoms with Gasteiger partial charge in [-0.05, 0) is 52.7 Å². The molecule has 0 aliphatic heterocycles. The first-order valence-electron chi connectivity index (χ1n) is 12.1. The maximum Gasteiger partial charge on any atom is 0.0725 e. The van der Waals surface area contributed by atoms with Gasteiger partial charge < -0.3 is 0 Å². The summed E-state index contributed by atoms with van der Waals surface area (Å²) >= 11 is 0. The fourth-order valence-corrected chi connectivity index (χ4v) is 4.81. The Morgan fingerprint density at radius 2 is 1.13 bits per heavy atom. The summed E-state index contributed by atoms with van der Waals surface area (Å²) in [4.78, 5) is 0. The molecule has 4 aromatic carbocycles. The third kappa shape index (κ3) is 3.25. The van der Waals surface area contributed by atoms with Crippen LogP contribution >= 0.6 is 0 Å². The summed E-state index contributed by atoms with van der Waals surface area (Å²) in [5.41, 5.74) is 8.00. The van der Waals surface area contributed by atoms with Crippen LogP contribution in [0.3, 0.4) is 0 Å². The number of hydrogen-bond acceptors (Lipinski definition) is 0. The molecule has 0 heteroatoms. The van der Waals surface area contributed by atoms with Crippen LogP contribution in [0.15, 0.2) is 121 Å². The Morgan fingerprint density at radius 1 is 0.645 bits per heavy atom. The van der Waals surface area contributed by atoms with Crippen molar-refractivity contribution in [2.75, 3.05) is 0 Å². The summed E-state index contributed by atoms with van der Waals surface area (Å²) in [6.45, 7) is -0.440. The summed E-state index contributed by atoms with van der Waals surface area (Å²) in [6.07, 6.45) is 1.83. The molecule has 1 aliphatic rings. The van der Waals surface area contributed by atoms with E-state index in [9.17, 15) is 0 Å². The quantitative estimate of drug-likeness (QED) is 0.317. The Labute approximate surface area is 189 Å². The van der Waals surface area contributed by atoms with Gasteiger partial charge in [0.2, 0.25) is 0 Å². The van der Waals surface area contributed by atoms with Gasteiger partial charge >= 0.3 is 0 Å². The van der Waals surface area contributed by atoms with E-state index >= 15 is 0 Å². The molecule has 0 aromatic heterocycles. The van der Waals surface area contributed by atoms with Crippen molar-refractivity contribution in [1.29, 1.82) is 0 Å². The minimum atomic E-state index is -2.13. The zero-order valence-corrected chi connectivity index (χ0v) is 17.5. The zero-order chi connectivity index (χ0) is 23.8. The largest absolute Gasteiger partial charge is 0.0758 e. The smallest absolute Gasteiger partial charge is 0.0725 e. The van der Waals surface area contributed by atoms with E-state index in [1.807, 2.05) is 42.5 Å². The van der Waals surface area contributed by atoms with E-state index in [0.29, 0.717) is 5.57 Å². The van der Waals surface area contributed by atoms with Crippen molar-refractivity contribution in [2.45, 2.75) is 19.2 Å². The molecule has 0 amide bonds. The van der Waals surface area contributed by atoms with Crippen molar-refractivity contribution in [3.05, 3.63) is 149 Å². The van der Waals surface area contributed by atoms with Gasteiger partial charge in [0.25, 0.3) is 0 Å². The molecule has 0 unspecified atom stereocenters. The van der Waals surface area contributed by atoms with Crippen molar-refractivity contribution < 1.29 is 4.11 Å².